The molecule has 1 aromatic carbocycles. The predicted molar refractivity (Wildman–Crippen MR) is 75.9 cm³/mol. The number of anilines is 1. The van der Waals surface area contributed by atoms with Gasteiger partial charge < -0.3 is 5.32 Å². The average Bonchev–Trinajstić information content (AvgIpc) is 3.01. The zero-order valence-corrected chi connectivity index (χ0v) is 10.9. The maximum Gasteiger partial charge on any atom is 0.161 e. The van der Waals surface area contributed by atoms with Crippen molar-refractivity contribution in [3.8, 4) is 0 Å². The molecule has 0 saturated heterocycles. The Balaban J connectivity index is 1.65. The smallest absolute Gasteiger partial charge is 0.161 e. The Morgan fingerprint density at radius 3 is 2.89 bits per heavy atom. The van der Waals surface area contributed by atoms with Gasteiger partial charge in [-0.05, 0) is 5.56 Å². The molecule has 2 aromatic rings. The van der Waals surface area contributed by atoms with Crippen LogP contribution < -0.4 is 5.32 Å². The summed E-state index contributed by atoms with van der Waals surface area (Å²) in [4.78, 5) is 4.53. The second kappa shape index (κ2) is 4.86. The van der Waals surface area contributed by atoms with E-state index in [1.165, 1.54) is 5.56 Å². The maximum atomic E-state index is 4.53. The van der Waals surface area contributed by atoms with Crippen molar-refractivity contribution in [2.24, 2.45) is 12.0 Å². The zero-order chi connectivity index (χ0) is 12.4. The topological polar surface area (TPSA) is 42.2 Å². The van der Waals surface area contributed by atoms with Gasteiger partial charge in [0.15, 0.2) is 5.17 Å². The van der Waals surface area contributed by atoms with Gasteiger partial charge in [0.2, 0.25) is 0 Å². The molecular weight excluding hydrogens is 244 g/mol. The first-order valence-corrected chi connectivity index (χ1v) is 6.71. The number of aryl methyl sites for hydroxylation is 1. The summed E-state index contributed by atoms with van der Waals surface area (Å²) >= 11 is 1.77. The highest BCUT2D eigenvalue weighted by Crippen LogP contribution is 2.35. The van der Waals surface area contributed by atoms with E-state index in [1.807, 2.05) is 19.3 Å². The number of amidine groups is 1. The lowest BCUT2D eigenvalue weighted by Crippen LogP contribution is -2.04. The fourth-order valence-electron chi connectivity index (χ4n) is 1.89. The van der Waals surface area contributed by atoms with E-state index in [1.54, 1.807) is 22.6 Å². The molecule has 1 aromatic heterocycles. The van der Waals surface area contributed by atoms with Crippen LogP contribution in [0.4, 0.5) is 5.69 Å². The van der Waals surface area contributed by atoms with E-state index in [9.17, 15) is 0 Å². The summed E-state index contributed by atoms with van der Waals surface area (Å²) in [6.07, 6.45) is 3.75. The van der Waals surface area contributed by atoms with E-state index >= 15 is 0 Å². The van der Waals surface area contributed by atoms with E-state index in [4.69, 9.17) is 0 Å². The summed E-state index contributed by atoms with van der Waals surface area (Å²) in [5.74, 6) is 0. The van der Waals surface area contributed by atoms with Crippen LogP contribution in [0.25, 0.3) is 0 Å². The third kappa shape index (κ3) is 2.41. The van der Waals surface area contributed by atoms with Crippen LogP contribution in [0.3, 0.4) is 0 Å². The van der Waals surface area contributed by atoms with Crippen molar-refractivity contribution in [2.45, 2.75) is 5.25 Å². The Morgan fingerprint density at radius 1 is 1.33 bits per heavy atom. The van der Waals surface area contributed by atoms with Gasteiger partial charge >= 0.3 is 0 Å². The Hall–Kier alpha value is -1.75. The van der Waals surface area contributed by atoms with Gasteiger partial charge in [-0.25, -0.2) is 0 Å². The normalized spacial score (nSPS) is 18.7. The quantitative estimate of drug-likeness (QED) is 0.900. The third-order valence-corrected chi connectivity index (χ3v) is 3.94. The number of rotatable bonds is 2. The zero-order valence-electron chi connectivity index (χ0n) is 10.1. The molecular formula is C13H14N4S. The molecule has 3 rings (SSSR count). The summed E-state index contributed by atoms with van der Waals surface area (Å²) in [7, 11) is 1.90. The monoisotopic (exact) mass is 258 g/mol. The minimum atomic E-state index is 0.422. The molecule has 18 heavy (non-hydrogen) atoms. The van der Waals surface area contributed by atoms with Crippen molar-refractivity contribution >= 4 is 22.6 Å². The number of nitrogens with one attached hydrogen (secondary N) is 1. The highest BCUT2D eigenvalue weighted by Gasteiger charge is 2.21. The van der Waals surface area contributed by atoms with Crippen molar-refractivity contribution in [3.63, 3.8) is 0 Å². The Morgan fingerprint density at radius 2 is 2.17 bits per heavy atom. The maximum absolute atomic E-state index is 4.53. The Kier molecular flexibility index (Phi) is 3.06. The summed E-state index contributed by atoms with van der Waals surface area (Å²) in [6, 6.07) is 10.5. The molecule has 1 aliphatic heterocycles. The lowest BCUT2D eigenvalue weighted by Gasteiger charge is -2.08. The van der Waals surface area contributed by atoms with E-state index in [0.29, 0.717) is 5.25 Å². The molecule has 0 aliphatic carbocycles. The molecule has 0 amide bonds. The van der Waals surface area contributed by atoms with Gasteiger partial charge in [0.25, 0.3) is 0 Å². The number of benzene rings is 1. The number of thioether (sulfide) groups is 1. The lowest BCUT2D eigenvalue weighted by atomic mass is 10.1. The van der Waals surface area contributed by atoms with Gasteiger partial charge in [0.05, 0.1) is 23.7 Å². The largest absolute Gasteiger partial charge is 0.332 e. The van der Waals surface area contributed by atoms with Crippen molar-refractivity contribution < 1.29 is 0 Å². The minimum absolute atomic E-state index is 0.422. The average molecular weight is 258 g/mol. The Labute approximate surface area is 110 Å². The van der Waals surface area contributed by atoms with Gasteiger partial charge in [-0.3, -0.25) is 9.67 Å². The molecule has 0 spiro atoms. The molecule has 0 saturated carbocycles. The first kappa shape index (κ1) is 11.3. The fraction of sp³-hybridized carbons (Fsp3) is 0.231. The molecule has 1 atom stereocenters. The SMILES string of the molecule is Cn1cc(NC2=NCC(c3ccccc3)S2)cn1. The molecule has 1 N–H and O–H groups in total. The van der Waals surface area contributed by atoms with Crippen molar-refractivity contribution in [1.82, 2.24) is 9.78 Å². The fourth-order valence-corrected chi connectivity index (χ4v) is 2.93. The molecule has 0 fully saturated rings. The standard InChI is InChI=1S/C13H14N4S/c1-17-9-11(7-15-17)16-13-14-8-12(18-13)10-5-3-2-4-6-10/h2-7,9,12H,8H2,1H3,(H,14,16). The van der Waals surface area contributed by atoms with E-state index in [-0.39, 0.29) is 0 Å². The van der Waals surface area contributed by atoms with Crippen LogP contribution in [0.1, 0.15) is 10.8 Å². The summed E-state index contributed by atoms with van der Waals surface area (Å²) in [6.45, 7) is 0.831. The highest BCUT2D eigenvalue weighted by atomic mass is 32.2. The number of aliphatic imine (C=N–C) groups is 1. The van der Waals surface area contributed by atoms with Gasteiger partial charge in [0.1, 0.15) is 0 Å². The van der Waals surface area contributed by atoms with E-state index in [0.717, 1.165) is 17.4 Å². The number of hydrogen-bond acceptors (Lipinski definition) is 4. The van der Waals surface area contributed by atoms with Crippen LogP contribution >= 0.6 is 11.8 Å². The summed E-state index contributed by atoms with van der Waals surface area (Å²) < 4.78 is 1.77. The second-order valence-corrected chi connectivity index (χ2v) is 5.38. The molecule has 5 heteroatoms. The van der Waals surface area contributed by atoms with Gasteiger partial charge in [-0.1, -0.05) is 42.1 Å². The molecule has 2 heterocycles. The third-order valence-electron chi connectivity index (χ3n) is 2.78. The minimum Gasteiger partial charge on any atom is -0.332 e. The molecule has 1 unspecified atom stereocenters. The molecule has 92 valence electrons. The van der Waals surface area contributed by atoms with Crippen LogP contribution in [-0.2, 0) is 7.05 Å². The summed E-state index contributed by atoms with van der Waals surface area (Å²) in [5, 5.41) is 8.81. The lowest BCUT2D eigenvalue weighted by molar-refractivity contribution is 0.768. The predicted octanol–water partition coefficient (Wildman–Crippen LogP) is 2.68. The summed E-state index contributed by atoms with van der Waals surface area (Å²) in [5.41, 5.74) is 2.31. The Bertz CT molecular complexity index is 561. The van der Waals surface area contributed by atoms with Gasteiger partial charge in [-0.15, -0.1) is 0 Å². The first-order chi connectivity index (χ1) is 8.81. The van der Waals surface area contributed by atoms with E-state index < -0.39 is 0 Å². The van der Waals surface area contributed by atoms with Crippen molar-refractivity contribution in [1.29, 1.82) is 0 Å². The molecule has 0 bridgehead atoms. The molecule has 0 radical (unpaired) electrons. The van der Waals surface area contributed by atoms with Gasteiger partial charge in [-0.2, -0.15) is 5.10 Å². The van der Waals surface area contributed by atoms with Crippen LogP contribution in [0, 0.1) is 0 Å². The second-order valence-electron chi connectivity index (χ2n) is 4.19. The van der Waals surface area contributed by atoms with Crippen LogP contribution in [-0.4, -0.2) is 21.5 Å². The number of hydrogen-bond donors (Lipinski definition) is 1. The molecule has 1 aliphatic rings. The number of nitrogens with zero attached hydrogens (tertiary/aromatic N) is 3. The first-order valence-electron chi connectivity index (χ1n) is 5.83. The van der Waals surface area contributed by atoms with E-state index in [2.05, 4.69) is 39.7 Å². The van der Waals surface area contributed by atoms with Crippen molar-refractivity contribution in [3.05, 3.63) is 48.3 Å². The van der Waals surface area contributed by atoms with Crippen LogP contribution in [0.5, 0.6) is 0 Å². The van der Waals surface area contributed by atoms with Gasteiger partial charge in [0, 0.05) is 13.2 Å². The number of aromatic nitrogens is 2. The molecule has 4 nitrogen and oxygen atoms in total. The van der Waals surface area contributed by atoms with Crippen LogP contribution in [0.15, 0.2) is 47.7 Å². The van der Waals surface area contributed by atoms with Crippen LogP contribution in [0.2, 0.25) is 0 Å². The van der Waals surface area contributed by atoms with Crippen molar-refractivity contribution in [2.75, 3.05) is 11.9 Å². The highest BCUT2D eigenvalue weighted by molar-refractivity contribution is 8.14.